The molecule has 1 aliphatic heterocycles. The Kier molecular flexibility index (Phi) is 10.4. The first-order valence-corrected chi connectivity index (χ1v) is 15.4. The van der Waals surface area contributed by atoms with Crippen molar-refractivity contribution in [2.24, 2.45) is 0 Å². The predicted octanol–water partition coefficient (Wildman–Crippen LogP) is 4.56. The Bertz CT molecular complexity index is 1450. The van der Waals surface area contributed by atoms with E-state index in [1.54, 1.807) is 52.3 Å². The molecule has 0 aromatic heterocycles. The number of ether oxygens (including phenoxy) is 2. The molecule has 232 valence electrons. The van der Waals surface area contributed by atoms with E-state index >= 15 is 0 Å². The molecule has 1 aliphatic carbocycles. The second-order valence-electron chi connectivity index (χ2n) is 11.3. The quantitative estimate of drug-likeness (QED) is 0.298. The van der Waals surface area contributed by atoms with Crippen molar-refractivity contribution in [3.63, 3.8) is 0 Å². The zero-order chi connectivity index (χ0) is 31.1. The number of anilines is 1. The molecule has 1 saturated heterocycles. The molecule has 0 unspecified atom stereocenters. The minimum atomic E-state index is -0.536. The van der Waals surface area contributed by atoms with Gasteiger partial charge in [0.25, 0.3) is 0 Å². The van der Waals surface area contributed by atoms with Crippen molar-refractivity contribution in [3.8, 4) is 11.5 Å². The molecule has 3 aromatic rings. The topological polar surface area (TPSA) is 91.4 Å². The Morgan fingerprint density at radius 2 is 1.64 bits per heavy atom. The lowest BCUT2D eigenvalue weighted by atomic mass is 10.1. The molecule has 1 N–H and O–H groups in total. The number of benzene rings is 3. The molecule has 9 nitrogen and oxygen atoms in total. The van der Waals surface area contributed by atoms with Crippen molar-refractivity contribution < 1.29 is 23.9 Å². The molecule has 44 heavy (non-hydrogen) atoms. The average molecular weight is 619 g/mol. The molecule has 0 bridgehead atoms. The second kappa shape index (κ2) is 14.6. The van der Waals surface area contributed by atoms with E-state index in [4.69, 9.17) is 21.1 Å². The smallest absolute Gasteiger partial charge is 0.337 e. The Balaban J connectivity index is 1.40. The molecule has 0 saturated carbocycles. The Hall–Kier alpha value is -4.08. The maximum atomic E-state index is 13.8. The van der Waals surface area contributed by atoms with E-state index in [1.807, 2.05) is 19.2 Å². The molecule has 1 fully saturated rings. The number of amides is 2. The van der Waals surface area contributed by atoms with Crippen LogP contribution in [0.15, 0.2) is 66.7 Å². The van der Waals surface area contributed by atoms with E-state index in [9.17, 15) is 14.4 Å². The van der Waals surface area contributed by atoms with Crippen LogP contribution >= 0.6 is 11.6 Å². The Labute approximate surface area is 263 Å². The molecule has 5 rings (SSSR count). The van der Waals surface area contributed by atoms with Gasteiger partial charge in [-0.15, -0.1) is 0 Å². The molecule has 0 radical (unpaired) electrons. The summed E-state index contributed by atoms with van der Waals surface area (Å²) in [6.45, 7) is 3.17. The number of likely N-dealkylation sites (tertiary alicyclic amines) is 1. The van der Waals surface area contributed by atoms with Crippen molar-refractivity contribution in [1.82, 2.24) is 15.1 Å². The molecular formula is C34H39ClN4O5. The second-order valence-corrected chi connectivity index (χ2v) is 11.8. The number of halogens is 1. The number of rotatable bonds is 12. The van der Waals surface area contributed by atoms with Crippen LogP contribution < -0.4 is 15.0 Å². The van der Waals surface area contributed by atoms with Gasteiger partial charge < -0.3 is 29.5 Å². The van der Waals surface area contributed by atoms with E-state index in [0.29, 0.717) is 28.8 Å². The monoisotopic (exact) mass is 618 g/mol. The fourth-order valence-electron chi connectivity index (χ4n) is 5.83. The maximum absolute atomic E-state index is 13.8. The summed E-state index contributed by atoms with van der Waals surface area (Å²) >= 11 is 6.07. The first-order chi connectivity index (χ1) is 21.3. The van der Waals surface area contributed by atoms with Crippen LogP contribution in [0.2, 0.25) is 5.02 Å². The number of likely N-dealkylation sites (N-methyl/N-ethyl adjacent to an activating group) is 1. The van der Waals surface area contributed by atoms with Crippen LogP contribution in [0.25, 0.3) is 0 Å². The summed E-state index contributed by atoms with van der Waals surface area (Å²) in [4.78, 5) is 45.4. The lowest BCUT2D eigenvalue weighted by molar-refractivity contribution is -0.130. The highest BCUT2D eigenvalue weighted by Crippen LogP contribution is 2.34. The summed E-state index contributed by atoms with van der Waals surface area (Å²) in [7, 11) is 3.12. The molecule has 0 spiro atoms. The Morgan fingerprint density at radius 3 is 2.30 bits per heavy atom. The first-order valence-electron chi connectivity index (χ1n) is 15.0. The average Bonchev–Trinajstić information content (AvgIpc) is 3.71. The standard InChI is InChI=1S/C34H39ClN4O5/c1-37(28-19-24-7-3-4-8-25(24)20-28)33(41)23-39(22-32(40)36-15-18-38-16-5-6-17-38)30-21-26(34(42)43-2)9-14-31(30)44-29-12-10-27(35)11-13-29/h3-4,7-14,21,28H,5-6,15-20,22-23H2,1-2H3,(H,36,40). The van der Waals surface area contributed by atoms with Crippen molar-refractivity contribution >= 4 is 35.1 Å². The number of hydrogen-bond acceptors (Lipinski definition) is 7. The first kappa shape index (κ1) is 31.3. The molecule has 2 aliphatic rings. The number of carbonyl (C=O) groups is 3. The molecule has 10 heteroatoms. The largest absolute Gasteiger partial charge is 0.465 e. The summed E-state index contributed by atoms with van der Waals surface area (Å²) in [5, 5.41) is 3.57. The third-order valence-electron chi connectivity index (χ3n) is 8.34. The summed E-state index contributed by atoms with van der Waals surface area (Å²) in [6, 6.07) is 20.0. The van der Waals surface area contributed by atoms with Gasteiger partial charge >= 0.3 is 5.97 Å². The van der Waals surface area contributed by atoms with Crippen LogP contribution in [-0.4, -0.2) is 87.1 Å². The van der Waals surface area contributed by atoms with Crippen LogP contribution in [0, 0.1) is 0 Å². The van der Waals surface area contributed by atoms with Crippen LogP contribution in [0.1, 0.15) is 34.3 Å². The normalized spacial score (nSPS) is 14.6. The SMILES string of the molecule is COC(=O)c1ccc(Oc2ccc(Cl)cc2)c(N(CC(=O)NCCN2CCCC2)CC(=O)N(C)C2Cc3ccccc3C2)c1. The number of methoxy groups -OCH3 is 1. The predicted molar refractivity (Wildman–Crippen MR) is 171 cm³/mol. The molecular weight excluding hydrogens is 580 g/mol. The fraction of sp³-hybridized carbons (Fsp3) is 0.382. The van der Waals surface area contributed by atoms with Crippen molar-refractivity contribution in [1.29, 1.82) is 0 Å². The molecule has 2 amide bonds. The van der Waals surface area contributed by atoms with Gasteiger partial charge in [-0.2, -0.15) is 0 Å². The van der Waals surface area contributed by atoms with Crippen molar-refractivity contribution in [2.75, 3.05) is 58.3 Å². The van der Waals surface area contributed by atoms with Gasteiger partial charge in [0.15, 0.2) is 5.75 Å². The van der Waals surface area contributed by atoms with Crippen LogP contribution in [-0.2, 0) is 27.2 Å². The molecule has 1 heterocycles. The van der Waals surface area contributed by atoms with Gasteiger partial charge in [-0.25, -0.2) is 4.79 Å². The van der Waals surface area contributed by atoms with E-state index in [-0.39, 0.29) is 36.5 Å². The summed E-state index contributed by atoms with van der Waals surface area (Å²) in [5.41, 5.74) is 3.19. The Morgan fingerprint density at radius 1 is 0.955 bits per heavy atom. The number of esters is 1. The fourth-order valence-corrected chi connectivity index (χ4v) is 5.95. The van der Waals surface area contributed by atoms with E-state index in [1.165, 1.54) is 31.1 Å². The van der Waals surface area contributed by atoms with Crippen molar-refractivity contribution in [2.45, 2.75) is 31.7 Å². The van der Waals surface area contributed by atoms with Crippen LogP contribution in [0.4, 0.5) is 5.69 Å². The highest BCUT2D eigenvalue weighted by molar-refractivity contribution is 6.30. The zero-order valence-corrected chi connectivity index (χ0v) is 26.0. The zero-order valence-electron chi connectivity index (χ0n) is 25.3. The number of nitrogens with one attached hydrogen (secondary N) is 1. The minimum Gasteiger partial charge on any atom is -0.465 e. The maximum Gasteiger partial charge on any atom is 0.337 e. The van der Waals surface area contributed by atoms with Gasteiger partial charge in [-0.05, 0) is 92.4 Å². The summed E-state index contributed by atoms with van der Waals surface area (Å²) in [5.74, 6) is -0.00823. The number of fused-ring (bicyclic) bond motifs is 1. The van der Waals surface area contributed by atoms with Crippen LogP contribution in [0.3, 0.4) is 0 Å². The third kappa shape index (κ3) is 7.89. The van der Waals surface area contributed by atoms with Crippen molar-refractivity contribution in [3.05, 3.63) is 88.4 Å². The number of hydrogen-bond donors (Lipinski definition) is 1. The van der Waals surface area contributed by atoms with Gasteiger partial charge in [0, 0.05) is 31.2 Å². The highest BCUT2D eigenvalue weighted by Gasteiger charge is 2.29. The summed E-state index contributed by atoms with van der Waals surface area (Å²) < 4.78 is 11.2. The van der Waals surface area contributed by atoms with E-state index in [2.05, 4.69) is 22.3 Å². The van der Waals surface area contributed by atoms with Gasteiger partial charge in [-0.3, -0.25) is 9.59 Å². The molecule has 0 atom stereocenters. The lowest BCUT2D eigenvalue weighted by Gasteiger charge is -2.30. The van der Waals surface area contributed by atoms with Gasteiger partial charge in [0.2, 0.25) is 11.8 Å². The van der Waals surface area contributed by atoms with E-state index < -0.39 is 5.97 Å². The van der Waals surface area contributed by atoms with Crippen LogP contribution in [0.5, 0.6) is 11.5 Å². The minimum absolute atomic E-state index is 0.0160. The summed E-state index contributed by atoms with van der Waals surface area (Å²) in [6.07, 6.45) is 3.91. The van der Waals surface area contributed by atoms with Gasteiger partial charge in [0.05, 0.1) is 31.5 Å². The number of nitrogens with zero attached hydrogens (tertiary/aromatic N) is 3. The van der Waals surface area contributed by atoms with E-state index in [0.717, 1.165) is 32.5 Å². The lowest BCUT2D eigenvalue weighted by Crippen LogP contribution is -2.47. The highest BCUT2D eigenvalue weighted by atomic mass is 35.5. The molecule has 3 aromatic carbocycles. The van der Waals surface area contributed by atoms with Gasteiger partial charge in [-0.1, -0.05) is 35.9 Å². The van der Waals surface area contributed by atoms with Gasteiger partial charge in [0.1, 0.15) is 5.75 Å². The number of carbonyl (C=O) groups excluding carboxylic acids is 3. The third-order valence-corrected chi connectivity index (χ3v) is 8.59.